The predicted octanol–water partition coefficient (Wildman–Crippen LogP) is 4.12. The Hall–Kier alpha value is -0.940. The Kier molecular flexibility index (Phi) is 6.77. The van der Waals surface area contributed by atoms with Crippen LogP contribution in [0.2, 0.25) is 0 Å². The van der Waals surface area contributed by atoms with Crippen molar-refractivity contribution in [3.8, 4) is 0 Å². The smallest absolute Gasteiger partial charge is 0.460 e. The zero-order chi connectivity index (χ0) is 27.0. The fourth-order valence-corrected chi connectivity index (χ4v) is 9.96. The van der Waals surface area contributed by atoms with Crippen LogP contribution in [0, 0.1) is 16.7 Å². The van der Waals surface area contributed by atoms with Crippen molar-refractivity contribution in [2.75, 3.05) is 12.4 Å². The van der Waals surface area contributed by atoms with Crippen LogP contribution in [-0.2, 0) is 29.2 Å². The van der Waals surface area contributed by atoms with E-state index in [1.54, 1.807) is 20.8 Å². The summed E-state index contributed by atoms with van der Waals surface area (Å²) >= 11 is 2.02. The molecule has 3 aliphatic rings. The van der Waals surface area contributed by atoms with Gasteiger partial charge in [-0.25, -0.2) is 9.59 Å². The highest BCUT2D eigenvalue weighted by Gasteiger charge is 2.78. The number of hydrogen-bond donors (Lipinski definition) is 1. The zero-order valence-corrected chi connectivity index (χ0v) is 20.8. The van der Waals surface area contributed by atoms with E-state index in [-0.39, 0.29) is 5.75 Å². The highest BCUT2D eigenvalue weighted by atomic mass is 32.2. The quantitative estimate of drug-likeness (QED) is 0.283. The number of hydrogen-bond acceptors (Lipinski definition) is 8. The molecule has 1 N–H and O–H groups in total. The largest absolute Gasteiger partial charge is 0.465 e. The molecule has 2 bridgehead atoms. The third-order valence-electron chi connectivity index (χ3n) is 7.45. The van der Waals surface area contributed by atoms with E-state index >= 15 is 0 Å². The van der Waals surface area contributed by atoms with Crippen LogP contribution in [0.25, 0.3) is 0 Å². The van der Waals surface area contributed by atoms with Gasteiger partial charge in [-0.15, -0.1) is 23.5 Å². The highest BCUT2D eigenvalue weighted by Crippen LogP contribution is 2.79. The predicted molar refractivity (Wildman–Crippen MR) is 110 cm³/mol. The molecular weight excluding hydrogens is 557 g/mol. The van der Waals surface area contributed by atoms with Crippen molar-refractivity contribution in [1.29, 1.82) is 0 Å². The Bertz CT molecular complexity index is 1020. The van der Waals surface area contributed by atoms with Gasteiger partial charge in [0.05, 0.1) is 0 Å². The van der Waals surface area contributed by atoms with Crippen molar-refractivity contribution in [1.82, 2.24) is 0 Å². The molecule has 0 aromatic carbocycles. The van der Waals surface area contributed by atoms with E-state index < -0.39 is 78.2 Å². The van der Waals surface area contributed by atoms with Gasteiger partial charge in [0.25, 0.3) is 0 Å². The maximum atomic E-state index is 13.9. The molecule has 202 valence electrons. The minimum absolute atomic E-state index is 0.0245. The normalized spacial score (nSPS) is 34.9. The second kappa shape index (κ2) is 8.28. The van der Waals surface area contributed by atoms with Crippen LogP contribution in [0.5, 0.6) is 0 Å². The SMILES string of the molecule is CC1(C)C2CCC1(C)C1(SCC(COC(=O)C(F)(F)C(F)(F)F)S1)C2OC(=O)C(F)(F)S(=O)(=O)O. The lowest BCUT2D eigenvalue weighted by atomic mass is 9.70. The van der Waals surface area contributed by atoms with Gasteiger partial charge >= 0.3 is 39.4 Å². The number of esters is 2. The van der Waals surface area contributed by atoms with Gasteiger partial charge in [0.1, 0.15) is 16.8 Å². The van der Waals surface area contributed by atoms with Crippen LogP contribution in [0.3, 0.4) is 0 Å². The van der Waals surface area contributed by atoms with Gasteiger partial charge < -0.3 is 9.47 Å². The first-order chi connectivity index (χ1) is 15.6. The van der Waals surface area contributed by atoms with E-state index in [0.29, 0.717) is 12.8 Å². The van der Waals surface area contributed by atoms with Gasteiger partial charge in [0.2, 0.25) is 0 Å². The topological polar surface area (TPSA) is 107 Å². The molecule has 2 saturated carbocycles. The number of carbonyl (C=O) groups excluding carboxylic acids is 2. The maximum absolute atomic E-state index is 13.9. The molecule has 35 heavy (non-hydrogen) atoms. The van der Waals surface area contributed by atoms with E-state index in [0.717, 1.165) is 23.5 Å². The number of thioether (sulfide) groups is 2. The minimum Gasteiger partial charge on any atom is -0.460 e. The summed E-state index contributed by atoms with van der Waals surface area (Å²) in [5.74, 6) is -11.5. The van der Waals surface area contributed by atoms with Gasteiger partial charge in [-0.3, -0.25) is 4.55 Å². The Morgan fingerprint density at radius 2 is 1.63 bits per heavy atom. The molecule has 1 aliphatic heterocycles. The second-order valence-corrected chi connectivity index (χ2v) is 13.9. The molecule has 2 aliphatic carbocycles. The van der Waals surface area contributed by atoms with E-state index in [9.17, 15) is 48.7 Å². The molecule has 0 amide bonds. The van der Waals surface area contributed by atoms with Gasteiger partial charge in [-0.2, -0.15) is 39.2 Å². The lowest BCUT2D eigenvalue weighted by Gasteiger charge is -2.47. The number of alkyl halides is 7. The molecule has 17 heteroatoms. The van der Waals surface area contributed by atoms with Crippen LogP contribution < -0.4 is 0 Å². The Morgan fingerprint density at radius 3 is 2.14 bits per heavy atom. The molecular formula is C18H21F7O7S3. The highest BCUT2D eigenvalue weighted by molar-refractivity contribution is 8.21. The van der Waals surface area contributed by atoms with E-state index in [1.807, 2.05) is 0 Å². The maximum Gasteiger partial charge on any atom is 0.465 e. The summed E-state index contributed by atoms with van der Waals surface area (Å²) in [5, 5.41) is -6.10. The number of halogens is 7. The summed E-state index contributed by atoms with van der Waals surface area (Å²) in [6, 6.07) is 0. The van der Waals surface area contributed by atoms with Crippen LogP contribution in [0.15, 0.2) is 0 Å². The van der Waals surface area contributed by atoms with Crippen molar-refractivity contribution in [2.45, 2.75) is 66.4 Å². The van der Waals surface area contributed by atoms with Gasteiger partial charge in [-0.1, -0.05) is 20.8 Å². The Labute approximate surface area is 204 Å². The molecule has 0 aromatic heterocycles. The van der Waals surface area contributed by atoms with Crippen LogP contribution in [0.1, 0.15) is 33.6 Å². The van der Waals surface area contributed by atoms with Crippen LogP contribution in [-0.4, -0.2) is 70.1 Å². The average molecular weight is 579 g/mol. The second-order valence-electron chi connectivity index (χ2n) is 9.41. The van der Waals surface area contributed by atoms with E-state index in [1.165, 1.54) is 0 Å². The van der Waals surface area contributed by atoms with Gasteiger partial charge in [-0.05, 0) is 18.3 Å². The van der Waals surface area contributed by atoms with Crippen molar-refractivity contribution < 1.29 is 62.8 Å². The van der Waals surface area contributed by atoms with Crippen LogP contribution >= 0.6 is 23.5 Å². The summed E-state index contributed by atoms with van der Waals surface area (Å²) in [6.07, 6.45) is -6.53. The molecule has 0 radical (unpaired) electrons. The number of ether oxygens (including phenoxy) is 2. The summed E-state index contributed by atoms with van der Waals surface area (Å²) < 4.78 is 130. The molecule has 1 spiro atoms. The Morgan fingerprint density at radius 1 is 1.06 bits per heavy atom. The monoisotopic (exact) mass is 578 g/mol. The van der Waals surface area contributed by atoms with E-state index in [4.69, 9.17) is 9.29 Å². The molecule has 3 rings (SSSR count). The lowest BCUT2D eigenvalue weighted by molar-refractivity contribution is -0.280. The summed E-state index contributed by atoms with van der Waals surface area (Å²) in [7, 11) is -6.13. The summed E-state index contributed by atoms with van der Waals surface area (Å²) in [5.41, 5.74) is -1.40. The van der Waals surface area contributed by atoms with Crippen molar-refractivity contribution in [3.05, 3.63) is 0 Å². The van der Waals surface area contributed by atoms with Crippen LogP contribution in [0.4, 0.5) is 30.7 Å². The van der Waals surface area contributed by atoms with Crippen molar-refractivity contribution >= 4 is 45.6 Å². The first-order valence-corrected chi connectivity index (χ1v) is 13.4. The number of carbonyl (C=O) groups is 2. The number of rotatable bonds is 6. The molecule has 1 saturated heterocycles. The van der Waals surface area contributed by atoms with Crippen molar-refractivity contribution in [2.24, 2.45) is 16.7 Å². The average Bonchev–Trinajstić information content (AvgIpc) is 3.26. The first kappa shape index (κ1) is 28.6. The zero-order valence-electron chi connectivity index (χ0n) is 18.3. The molecule has 3 fully saturated rings. The standard InChI is InChI=1S/C18H21F7O7S3/c1-13(2)9-4-5-14(13,3)16(10(9)32-12(27)17(21,22)35(28,29)30)33-7-8(34-16)6-31-11(26)15(19,20)18(23,24)25/h8-10H,4-7H2,1-3H3,(H,28,29,30). The molecule has 5 atom stereocenters. The summed E-state index contributed by atoms with van der Waals surface area (Å²) in [6.45, 7) is 4.51. The third kappa shape index (κ3) is 4.02. The Balaban J connectivity index is 1.85. The molecule has 0 aromatic rings. The first-order valence-electron chi connectivity index (χ1n) is 10.1. The van der Waals surface area contributed by atoms with E-state index in [2.05, 4.69) is 4.74 Å². The van der Waals surface area contributed by atoms with Gasteiger partial charge in [0.15, 0.2) is 0 Å². The molecule has 1 heterocycles. The van der Waals surface area contributed by atoms with Crippen molar-refractivity contribution in [3.63, 3.8) is 0 Å². The lowest BCUT2D eigenvalue weighted by Crippen LogP contribution is -2.51. The fourth-order valence-electron chi connectivity index (χ4n) is 5.15. The minimum atomic E-state index is -6.15. The third-order valence-corrected chi connectivity index (χ3v) is 12.5. The van der Waals surface area contributed by atoms with Gasteiger partial charge in [0, 0.05) is 22.3 Å². The number of fused-ring (bicyclic) bond motifs is 3. The summed E-state index contributed by atoms with van der Waals surface area (Å²) in [4.78, 5) is 23.5. The molecule has 7 nitrogen and oxygen atoms in total. The fraction of sp³-hybridized carbons (Fsp3) is 0.889. The molecule has 5 unspecified atom stereocenters.